The molecule has 0 fully saturated rings. The molecule has 2 aromatic heterocycles. The van der Waals surface area contributed by atoms with E-state index in [1.807, 2.05) is 12.1 Å². The molecule has 0 unspecified atom stereocenters. The van der Waals surface area contributed by atoms with Crippen molar-refractivity contribution in [2.75, 3.05) is 0 Å². The van der Waals surface area contributed by atoms with Gasteiger partial charge in [0.2, 0.25) is 5.43 Å². The van der Waals surface area contributed by atoms with Crippen molar-refractivity contribution in [3.05, 3.63) is 92.5 Å². The Morgan fingerprint density at radius 1 is 0.931 bits per heavy atom. The van der Waals surface area contributed by atoms with Gasteiger partial charge in [-0.3, -0.25) is 4.79 Å². The number of benzene rings is 2. The molecule has 0 saturated heterocycles. The Labute approximate surface area is 178 Å². The number of nitrogens with zero attached hydrogens (tertiary/aromatic N) is 2. The normalized spacial score (nSPS) is 13.5. The Morgan fingerprint density at radius 2 is 1.62 bits per heavy atom. The summed E-state index contributed by atoms with van der Waals surface area (Å²) < 4.78 is 2.25. The lowest BCUT2D eigenvalue weighted by Crippen LogP contribution is -2.15. The predicted molar refractivity (Wildman–Crippen MR) is 122 cm³/mol. The zero-order valence-electron chi connectivity index (χ0n) is 16.1. The lowest BCUT2D eigenvalue weighted by Gasteiger charge is -2.14. The highest BCUT2D eigenvalue weighted by atomic mass is 32.2. The SMILES string of the molecule is O=c1c2c(sc3c1nc(SCc1ccccc1)n3Cc1ccccc1)CCCC2. The van der Waals surface area contributed by atoms with Crippen molar-refractivity contribution >= 4 is 33.4 Å². The Kier molecular flexibility index (Phi) is 5.25. The van der Waals surface area contributed by atoms with Crippen molar-refractivity contribution in [1.82, 2.24) is 9.55 Å². The summed E-state index contributed by atoms with van der Waals surface area (Å²) in [6.45, 7) is 0.739. The monoisotopic (exact) mass is 418 g/mol. The van der Waals surface area contributed by atoms with E-state index < -0.39 is 0 Å². The molecule has 0 saturated carbocycles. The van der Waals surface area contributed by atoms with Crippen molar-refractivity contribution in [2.24, 2.45) is 0 Å². The fourth-order valence-electron chi connectivity index (χ4n) is 3.90. The van der Waals surface area contributed by atoms with E-state index in [2.05, 4.69) is 53.1 Å². The van der Waals surface area contributed by atoms with Gasteiger partial charge >= 0.3 is 0 Å². The smallest absolute Gasteiger partial charge is 0.211 e. The summed E-state index contributed by atoms with van der Waals surface area (Å²) in [5.74, 6) is 0.845. The Morgan fingerprint density at radius 3 is 2.38 bits per heavy atom. The number of rotatable bonds is 5. The zero-order chi connectivity index (χ0) is 19.6. The van der Waals surface area contributed by atoms with Gasteiger partial charge in [-0.2, -0.15) is 0 Å². The molecule has 2 heterocycles. The first-order valence-corrected chi connectivity index (χ1v) is 11.9. The molecule has 0 atom stereocenters. The number of aryl methyl sites for hydroxylation is 1. The van der Waals surface area contributed by atoms with Crippen LogP contribution in [-0.4, -0.2) is 9.55 Å². The lowest BCUT2D eigenvalue weighted by molar-refractivity contribution is 0.692. The first kappa shape index (κ1) is 18.6. The van der Waals surface area contributed by atoms with E-state index >= 15 is 0 Å². The van der Waals surface area contributed by atoms with Crippen LogP contribution in [0.2, 0.25) is 0 Å². The standard InChI is InChI=1S/C24H22N2OS2/c27-22-19-13-7-8-14-20(19)29-23-21(22)25-24(28-16-18-11-5-2-6-12-18)26(23)15-17-9-3-1-4-10-17/h1-6,9-12H,7-8,13-16H2. The molecular formula is C24H22N2OS2. The van der Waals surface area contributed by atoms with E-state index in [1.54, 1.807) is 23.1 Å². The van der Waals surface area contributed by atoms with E-state index in [4.69, 9.17) is 4.98 Å². The fraction of sp³-hybridized carbons (Fsp3) is 0.250. The summed E-state index contributed by atoms with van der Waals surface area (Å²) in [5, 5.41) is 0.934. The van der Waals surface area contributed by atoms with Crippen LogP contribution in [0.15, 0.2) is 70.6 Å². The largest absolute Gasteiger partial charge is 0.306 e. The molecule has 0 amide bonds. The van der Waals surface area contributed by atoms with Crippen LogP contribution in [0.3, 0.4) is 0 Å². The van der Waals surface area contributed by atoms with Gasteiger partial charge in [-0.15, -0.1) is 11.3 Å². The second kappa shape index (κ2) is 8.17. The Bertz CT molecular complexity index is 1200. The number of hydrogen-bond acceptors (Lipinski definition) is 4. The molecule has 0 radical (unpaired) electrons. The highest BCUT2D eigenvalue weighted by Gasteiger charge is 2.22. The Balaban J connectivity index is 1.60. The lowest BCUT2D eigenvalue weighted by atomic mass is 9.98. The van der Waals surface area contributed by atoms with Gasteiger partial charge in [0.1, 0.15) is 10.3 Å². The molecule has 0 spiro atoms. The average Bonchev–Trinajstić information content (AvgIpc) is 3.11. The molecule has 0 bridgehead atoms. The summed E-state index contributed by atoms with van der Waals surface area (Å²) in [5.41, 5.74) is 4.31. The summed E-state index contributed by atoms with van der Waals surface area (Å²) in [7, 11) is 0. The molecule has 0 aliphatic heterocycles. The second-order valence-electron chi connectivity index (χ2n) is 7.43. The van der Waals surface area contributed by atoms with Gasteiger partial charge < -0.3 is 4.57 Å². The molecule has 4 aromatic rings. The molecule has 3 nitrogen and oxygen atoms in total. The van der Waals surface area contributed by atoms with Crippen LogP contribution in [0.5, 0.6) is 0 Å². The number of thioether (sulfide) groups is 1. The van der Waals surface area contributed by atoms with Crippen LogP contribution < -0.4 is 5.43 Å². The fourth-order valence-corrected chi connectivity index (χ4v) is 6.21. The molecular weight excluding hydrogens is 396 g/mol. The minimum atomic E-state index is 0.154. The van der Waals surface area contributed by atoms with Crippen LogP contribution >= 0.6 is 23.1 Å². The third-order valence-corrected chi connectivity index (χ3v) is 7.76. The molecule has 5 heteroatoms. The summed E-state index contributed by atoms with van der Waals surface area (Å²) in [6.07, 6.45) is 4.21. The van der Waals surface area contributed by atoms with E-state index in [0.29, 0.717) is 5.52 Å². The van der Waals surface area contributed by atoms with Gasteiger partial charge in [0, 0.05) is 16.2 Å². The maximum absolute atomic E-state index is 13.2. The van der Waals surface area contributed by atoms with Crippen LogP contribution in [0.4, 0.5) is 0 Å². The van der Waals surface area contributed by atoms with Gasteiger partial charge in [-0.25, -0.2) is 4.98 Å². The van der Waals surface area contributed by atoms with Gasteiger partial charge in [-0.1, -0.05) is 72.4 Å². The van der Waals surface area contributed by atoms with Gasteiger partial charge in [-0.05, 0) is 36.8 Å². The van der Waals surface area contributed by atoms with Crippen molar-refractivity contribution in [3.8, 4) is 0 Å². The predicted octanol–water partition coefficient (Wildman–Crippen LogP) is 5.68. The maximum Gasteiger partial charge on any atom is 0.211 e. The molecule has 1 aliphatic carbocycles. The highest BCUT2D eigenvalue weighted by Crippen LogP contribution is 2.32. The van der Waals surface area contributed by atoms with Gasteiger partial charge in [0.05, 0.1) is 6.54 Å². The number of imidazole rings is 1. The molecule has 2 aromatic carbocycles. The third kappa shape index (κ3) is 3.77. The first-order valence-electron chi connectivity index (χ1n) is 10.1. The van der Waals surface area contributed by atoms with E-state index in [1.165, 1.54) is 22.4 Å². The van der Waals surface area contributed by atoms with Crippen molar-refractivity contribution in [3.63, 3.8) is 0 Å². The highest BCUT2D eigenvalue weighted by molar-refractivity contribution is 7.98. The minimum Gasteiger partial charge on any atom is -0.306 e. The zero-order valence-corrected chi connectivity index (χ0v) is 17.8. The summed E-state index contributed by atoms with van der Waals surface area (Å²) >= 11 is 3.49. The van der Waals surface area contributed by atoms with Crippen molar-refractivity contribution in [1.29, 1.82) is 0 Å². The molecule has 0 N–H and O–H groups in total. The second-order valence-corrected chi connectivity index (χ2v) is 9.46. The Hall–Kier alpha value is -2.37. The van der Waals surface area contributed by atoms with Crippen LogP contribution in [0.25, 0.3) is 10.3 Å². The van der Waals surface area contributed by atoms with Gasteiger partial charge in [0.25, 0.3) is 0 Å². The van der Waals surface area contributed by atoms with Crippen LogP contribution in [-0.2, 0) is 25.1 Å². The number of hydrogen-bond donors (Lipinski definition) is 0. The average molecular weight is 419 g/mol. The summed E-state index contributed by atoms with van der Waals surface area (Å²) in [4.78, 5) is 20.3. The summed E-state index contributed by atoms with van der Waals surface area (Å²) in [6, 6.07) is 20.9. The number of fused-ring (bicyclic) bond motifs is 2. The third-order valence-electron chi connectivity index (χ3n) is 5.41. The van der Waals surface area contributed by atoms with E-state index in [9.17, 15) is 4.79 Å². The maximum atomic E-state index is 13.2. The van der Waals surface area contributed by atoms with Crippen LogP contribution in [0, 0.1) is 0 Å². The van der Waals surface area contributed by atoms with Gasteiger partial charge in [0.15, 0.2) is 5.16 Å². The topological polar surface area (TPSA) is 34.9 Å². The minimum absolute atomic E-state index is 0.154. The quantitative estimate of drug-likeness (QED) is 0.391. The first-order chi connectivity index (χ1) is 14.3. The van der Waals surface area contributed by atoms with Crippen LogP contribution in [0.1, 0.15) is 34.4 Å². The molecule has 146 valence electrons. The molecule has 1 aliphatic rings. The van der Waals surface area contributed by atoms with E-state index in [0.717, 1.165) is 47.1 Å². The van der Waals surface area contributed by atoms with Crippen molar-refractivity contribution < 1.29 is 0 Å². The molecule has 5 rings (SSSR count). The molecule has 29 heavy (non-hydrogen) atoms. The number of aromatic nitrogens is 2. The van der Waals surface area contributed by atoms with E-state index in [-0.39, 0.29) is 5.43 Å². The van der Waals surface area contributed by atoms with Crippen molar-refractivity contribution in [2.45, 2.75) is 43.1 Å².